The summed E-state index contributed by atoms with van der Waals surface area (Å²) in [6, 6.07) is 48.7. The quantitative estimate of drug-likeness (QED) is 0.166. The molecule has 5 heterocycles. The van der Waals surface area contributed by atoms with Gasteiger partial charge in [-0.2, -0.15) is 4.98 Å². The predicted molar refractivity (Wildman–Crippen MR) is 223 cm³/mol. The molecule has 0 N–H and O–H groups in total. The molecule has 0 atom stereocenters. The van der Waals surface area contributed by atoms with Crippen LogP contribution in [-0.2, 0) is 0 Å². The smallest absolute Gasteiger partial charge is 0.225 e. The van der Waals surface area contributed by atoms with Gasteiger partial charge in [-0.1, -0.05) is 97.1 Å². The van der Waals surface area contributed by atoms with Crippen molar-refractivity contribution in [1.82, 2.24) is 14.5 Å². The van der Waals surface area contributed by atoms with Crippen molar-refractivity contribution in [2.45, 2.75) is 0 Å². The topological polar surface area (TPSA) is 30.7 Å². The number of hydrogen-bond acceptors (Lipinski definition) is 5. The molecule has 0 amide bonds. The summed E-state index contributed by atoms with van der Waals surface area (Å²) in [5.74, 6) is 0.812. The molecule has 0 saturated carbocycles. The maximum absolute atomic E-state index is 6.79. The van der Waals surface area contributed by atoms with E-state index in [0.717, 1.165) is 32.5 Å². The summed E-state index contributed by atoms with van der Waals surface area (Å²) in [5, 5.41) is 12.5. The van der Waals surface area contributed by atoms with Gasteiger partial charge in [0.05, 0.1) is 16.4 Å². The van der Waals surface area contributed by atoms with Gasteiger partial charge < -0.3 is 0 Å². The normalized spacial score (nSPS) is 12.4. The molecule has 0 aliphatic rings. The first-order valence-electron chi connectivity index (χ1n) is 16.8. The molecule has 7 aromatic carbocycles. The van der Waals surface area contributed by atoms with Gasteiger partial charge in [0, 0.05) is 72.0 Å². The Hall–Kier alpha value is -5.37. The van der Waals surface area contributed by atoms with E-state index in [-0.39, 0.29) is 5.28 Å². The van der Waals surface area contributed by atoms with Crippen LogP contribution in [-0.4, -0.2) is 14.5 Å². The largest absolute Gasteiger partial charge is 0.292 e. The second-order valence-electron chi connectivity index (χ2n) is 13.0. The van der Waals surface area contributed by atoms with Crippen LogP contribution in [0.15, 0.2) is 133 Å². The zero-order valence-electron chi connectivity index (χ0n) is 26.6. The van der Waals surface area contributed by atoms with E-state index in [4.69, 9.17) is 21.6 Å². The Kier molecular flexibility index (Phi) is 5.75. The van der Waals surface area contributed by atoms with E-state index in [1.165, 1.54) is 77.7 Å². The summed E-state index contributed by atoms with van der Waals surface area (Å²) in [6.45, 7) is 0. The zero-order chi connectivity index (χ0) is 33.4. The number of halogens is 1. The molecular weight excluding hydrogens is 702 g/mol. The maximum atomic E-state index is 6.79. The second-order valence-corrected chi connectivity index (χ2v) is 16.5. The van der Waals surface area contributed by atoms with Crippen molar-refractivity contribution >= 4 is 139 Å². The minimum Gasteiger partial charge on any atom is -0.292 e. The third-order valence-electron chi connectivity index (χ3n) is 10.4. The molecule has 12 rings (SSSR count). The van der Waals surface area contributed by atoms with Crippen molar-refractivity contribution in [3.8, 4) is 16.9 Å². The van der Waals surface area contributed by atoms with Crippen LogP contribution >= 0.6 is 45.6 Å². The number of fused-ring (bicyclic) bond motifs is 16. The Labute approximate surface area is 307 Å². The van der Waals surface area contributed by atoms with E-state index in [1.807, 2.05) is 22.7 Å². The van der Waals surface area contributed by atoms with Crippen LogP contribution in [0.5, 0.6) is 0 Å². The Bertz CT molecular complexity index is 3460. The van der Waals surface area contributed by atoms with Crippen LogP contribution < -0.4 is 0 Å². The summed E-state index contributed by atoms with van der Waals surface area (Å²) in [4.78, 5) is 10.7. The average molecular weight is 724 g/mol. The fraction of sp³-hybridized carbons (Fsp3) is 0. The van der Waals surface area contributed by atoms with Gasteiger partial charge in [0.2, 0.25) is 5.28 Å². The Balaban J connectivity index is 1.30. The highest BCUT2D eigenvalue weighted by molar-refractivity contribution is 7.27. The highest BCUT2D eigenvalue weighted by Gasteiger charge is 2.25. The molecule has 0 aliphatic carbocycles. The molecule has 0 spiro atoms. The van der Waals surface area contributed by atoms with Gasteiger partial charge in [0.1, 0.15) is 4.83 Å². The van der Waals surface area contributed by atoms with Crippen molar-refractivity contribution in [2.75, 3.05) is 0 Å². The van der Waals surface area contributed by atoms with Gasteiger partial charge in [0.25, 0.3) is 0 Å². The minimum absolute atomic E-state index is 0.250. The average Bonchev–Trinajstić information content (AvgIpc) is 3.93. The van der Waals surface area contributed by atoms with Gasteiger partial charge in [-0.15, -0.1) is 34.0 Å². The first-order valence-corrected chi connectivity index (χ1v) is 19.6. The molecule has 12 aromatic rings. The fourth-order valence-corrected chi connectivity index (χ4v) is 12.0. The summed E-state index contributed by atoms with van der Waals surface area (Å²) in [5.41, 5.74) is 4.71. The van der Waals surface area contributed by atoms with E-state index in [1.54, 1.807) is 11.3 Å². The standard InChI is InChI=1S/C44H22ClN3S3/c45-44-46-42(39-29-13-4-8-18-34(29)51-43(39)47-44)48-31-15-5-1-10-26(31)37-38-28-12-3-7-17-33(28)50-41(38)30-22-23(20-21-25(30)40(37)48)24-14-9-19-35-36(24)27-11-2-6-16-32(27)49-35/h1-22H. The predicted octanol–water partition coefficient (Wildman–Crippen LogP) is 14.2. The molecule has 238 valence electrons. The molecule has 3 nitrogen and oxygen atoms in total. The third-order valence-corrected chi connectivity index (χ3v) is 13.9. The number of thiophene rings is 3. The summed E-state index contributed by atoms with van der Waals surface area (Å²) >= 11 is 12.2. The molecule has 0 radical (unpaired) electrons. The number of hydrogen-bond donors (Lipinski definition) is 0. The Morgan fingerprint density at radius 1 is 0.471 bits per heavy atom. The molecule has 0 fully saturated rings. The number of rotatable bonds is 2. The first-order chi connectivity index (χ1) is 25.2. The highest BCUT2D eigenvalue weighted by Crippen LogP contribution is 2.50. The van der Waals surface area contributed by atoms with E-state index < -0.39 is 0 Å². The first kappa shape index (κ1) is 28.3. The molecule has 0 bridgehead atoms. The molecule has 51 heavy (non-hydrogen) atoms. The van der Waals surface area contributed by atoms with Crippen molar-refractivity contribution in [3.05, 3.63) is 139 Å². The van der Waals surface area contributed by atoms with Crippen molar-refractivity contribution in [3.63, 3.8) is 0 Å². The summed E-state index contributed by atoms with van der Waals surface area (Å²) < 4.78 is 8.74. The molecule has 0 aliphatic heterocycles. The lowest BCUT2D eigenvalue weighted by Crippen LogP contribution is -2.00. The van der Waals surface area contributed by atoms with Crippen LogP contribution in [0.3, 0.4) is 0 Å². The number of nitrogens with zero attached hydrogens (tertiary/aromatic N) is 3. The summed E-state index contributed by atoms with van der Waals surface area (Å²) in [7, 11) is 0. The van der Waals surface area contributed by atoms with Crippen LogP contribution in [0.4, 0.5) is 0 Å². The lowest BCUT2D eigenvalue weighted by atomic mass is 9.94. The summed E-state index contributed by atoms with van der Waals surface area (Å²) in [6.07, 6.45) is 0. The Morgan fingerprint density at radius 3 is 1.92 bits per heavy atom. The SMILES string of the molecule is Clc1nc(-n2c3ccccc3c3c4c5ccccc5sc4c4cc(-c5cccc6sc7ccccc7c56)ccc4c32)c2c(n1)sc1ccccc12. The lowest BCUT2D eigenvalue weighted by Gasteiger charge is -2.13. The van der Waals surface area contributed by atoms with Gasteiger partial charge in [-0.05, 0) is 59.1 Å². The van der Waals surface area contributed by atoms with Crippen LogP contribution in [0, 0.1) is 0 Å². The third kappa shape index (κ3) is 3.82. The van der Waals surface area contributed by atoms with Crippen molar-refractivity contribution < 1.29 is 0 Å². The van der Waals surface area contributed by atoms with E-state index in [0.29, 0.717) is 0 Å². The van der Waals surface area contributed by atoms with Gasteiger partial charge in [-0.3, -0.25) is 4.57 Å². The molecule has 5 aromatic heterocycles. The second kappa shape index (κ2) is 10.3. The number of aromatic nitrogens is 3. The monoisotopic (exact) mass is 723 g/mol. The number of benzene rings is 7. The zero-order valence-corrected chi connectivity index (χ0v) is 29.9. The molecule has 7 heteroatoms. The van der Waals surface area contributed by atoms with Crippen LogP contribution in [0.1, 0.15) is 0 Å². The maximum Gasteiger partial charge on any atom is 0.225 e. The fourth-order valence-electron chi connectivity index (χ4n) is 8.31. The van der Waals surface area contributed by atoms with Gasteiger partial charge in [-0.25, -0.2) is 4.98 Å². The van der Waals surface area contributed by atoms with E-state index in [9.17, 15) is 0 Å². The minimum atomic E-state index is 0.250. The molecular formula is C44H22ClN3S3. The van der Waals surface area contributed by atoms with Crippen molar-refractivity contribution in [2.24, 2.45) is 0 Å². The Morgan fingerprint density at radius 2 is 1.12 bits per heavy atom. The van der Waals surface area contributed by atoms with E-state index >= 15 is 0 Å². The van der Waals surface area contributed by atoms with Gasteiger partial charge >= 0.3 is 0 Å². The number of para-hydroxylation sites is 1. The van der Waals surface area contributed by atoms with Gasteiger partial charge in [0.15, 0.2) is 5.82 Å². The van der Waals surface area contributed by atoms with Crippen molar-refractivity contribution in [1.29, 1.82) is 0 Å². The van der Waals surface area contributed by atoms with Crippen LogP contribution in [0.25, 0.3) is 110 Å². The van der Waals surface area contributed by atoms with Crippen LogP contribution in [0.2, 0.25) is 5.28 Å². The van der Waals surface area contributed by atoms with E-state index in [2.05, 4.69) is 138 Å². The lowest BCUT2D eigenvalue weighted by molar-refractivity contribution is 1.08. The molecule has 0 unspecified atom stereocenters. The molecule has 0 saturated heterocycles. The highest BCUT2D eigenvalue weighted by atomic mass is 35.5.